The lowest BCUT2D eigenvalue weighted by Gasteiger charge is -2.11. The molecule has 0 unspecified atom stereocenters. The summed E-state index contributed by atoms with van der Waals surface area (Å²) in [5.41, 5.74) is 5.00. The highest BCUT2D eigenvalue weighted by atomic mass is 16.6. The van der Waals surface area contributed by atoms with Crippen LogP contribution in [0.2, 0.25) is 0 Å². The third kappa shape index (κ3) is 5.57. The molecule has 2 aliphatic heterocycles. The molecule has 7 nitrogen and oxygen atoms in total. The molecule has 2 aromatic rings. The second-order valence-electron chi connectivity index (χ2n) is 7.44. The zero-order valence-corrected chi connectivity index (χ0v) is 17.2. The molecule has 9 heteroatoms. The van der Waals surface area contributed by atoms with Crippen molar-refractivity contribution in [3.05, 3.63) is 58.7 Å². The van der Waals surface area contributed by atoms with E-state index in [1.54, 1.807) is 18.2 Å². The molecule has 2 aliphatic rings. The van der Waals surface area contributed by atoms with Crippen molar-refractivity contribution >= 4 is 31.4 Å². The Labute approximate surface area is 177 Å². The zero-order chi connectivity index (χ0) is 21.5. The Kier molecular flexibility index (Phi) is 7.80. The number of hydrogen-bond donors (Lipinski definition) is 1. The Morgan fingerprint density at radius 3 is 2.63 bits per heavy atom. The van der Waals surface area contributed by atoms with Crippen molar-refractivity contribution in [2.24, 2.45) is 0 Å². The van der Waals surface area contributed by atoms with Gasteiger partial charge in [-0.05, 0) is 61.2 Å². The van der Waals surface area contributed by atoms with E-state index in [1.165, 1.54) is 0 Å². The molecule has 0 atom stereocenters. The van der Waals surface area contributed by atoms with Gasteiger partial charge in [-0.3, -0.25) is 4.79 Å². The second kappa shape index (κ2) is 10.5. The standard InChI is InChI=1S/C13H17BN2O2.C8H7BO3/c1-16(2)6-3-7-17-14-13-8-11(9-15)4-5-12(13)10-18-14;10-4-6-1-2-7-5-12-9(11)8(7)3-6/h4-5,8H,3,6-7,10H2,1-2H3;1-4,11H,5H2. The van der Waals surface area contributed by atoms with Gasteiger partial charge in [-0.2, -0.15) is 5.26 Å². The van der Waals surface area contributed by atoms with E-state index in [9.17, 15) is 9.82 Å². The third-order valence-corrected chi connectivity index (χ3v) is 4.91. The van der Waals surface area contributed by atoms with E-state index < -0.39 is 7.12 Å². The van der Waals surface area contributed by atoms with Crippen molar-refractivity contribution in [1.82, 2.24) is 4.90 Å². The van der Waals surface area contributed by atoms with Gasteiger partial charge in [0.2, 0.25) is 0 Å². The molecule has 0 radical (unpaired) electrons. The van der Waals surface area contributed by atoms with Gasteiger partial charge >= 0.3 is 14.2 Å². The van der Waals surface area contributed by atoms with Crippen LogP contribution in [0, 0.1) is 11.3 Å². The summed E-state index contributed by atoms with van der Waals surface area (Å²) >= 11 is 0. The first-order valence-corrected chi connectivity index (χ1v) is 9.80. The van der Waals surface area contributed by atoms with Crippen LogP contribution in [0.25, 0.3) is 0 Å². The van der Waals surface area contributed by atoms with Gasteiger partial charge in [0.1, 0.15) is 6.29 Å². The lowest BCUT2D eigenvalue weighted by molar-refractivity contribution is 0.112. The first-order chi connectivity index (χ1) is 14.5. The highest BCUT2D eigenvalue weighted by Crippen LogP contribution is 2.13. The van der Waals surface area contributed by atoms with E-state index in [4.69, 9.17) is 19.2 Å². The third-order valence-electron chi connectivity index (χ3n) is 4.91. The molecule has 0 saturated carbocycles. The molecule has 4 rings (SSSR count). The van der Waals surface area contributed by atoms with Crippen molar-refractivity contribution < 1.29 is 23.8 Å². The Morgan fingerprint density at radius 2 is 1.90 bits per heavy atom. The molecule has 2 heterocycles. The highest BCUT2D eigenvalue weighted by molar-refractivity contribution is 6.63. The van der Waals surface area contributed by atoms with Crippen LogP contribution >= 0.6 is 0 Å². The maximum atomic E-state index is 10.4. The quantitative estimate of drug-likeness (QED) is 0.424. The predicted octanol–water partition coefficient (Wildman–Crippen LogP) is 0.469. The van der Waals surface area contributed by atoms with Crippen LogP contribution in [0.15, 0.2) is 36.4 Å². The SMILES string of the molecule is CN(C)CCCOB1OCc2ccc(C#N)cc21.O=Cc1ccc2c(c1)B(O)OC2. The second-order valence-corrected chi connectivity index (χ2v) is 7.44. The summed E-state index contributed by atoms with van der Waals surface area (Å²) in [5, 5.41) is 18.2. The molecule has 0 aliphatic carbocycles. The molecule has 0 fully saturated rings. The van der Waals surface area contributed by atoms with E-state index in [-0.39, 0.29) is 7.12 Å². The molecule has 30 heavy (non-hydrogen) atoms. The Hall–Kier alpha value is -2.47. The number of nitrogens with zero attached hydrogens (tertiary/aromatic N) is 2. The number of nitriles is 1. The number of benzene rings is 2. The minimum absolute atomic E-state index is 0.310. The molecular weight excluding hydrogens is 382 g/mol. The molecule has 1 N–H and O–H groups in total. The Morgan fingerprint density at radius 1 is 1.17 bits per heavy atom. The summed E-state index contributed by atoms with van der Waals surface area (Å²) in [7, 11) is 2.91. The number of carbonyl (C=O) groups excluding carboxylic acids is 1. The van der Waals surface area contributed by atoms with Gasteiger partial charge in [0.25, 0.3) is 0 Å². The van der Waals surface area contributed by atoms with Crippen molar-refractivity contribution in [2.75, 3.05) is 27.2 Å². The van der Waals surface area contributed by atoms with Gasteiger partial charge in [-0.25, -0.2) is 0 Å². The first-order valence-electron chi connectivity index (χ1n) is 9.80. The smallest absolute Gasteiger partial charge is 0.423 e. The lowest BCUT2D eigenvalue weighted by Crippen LogP contribution is -2.33. The van der Waals surface area contributed by atoms with Gasteiger partial charge in [0.15, 0.2) is 0 Å². The number of aldehydes is 1. The van der Waals surface area contributed by atoms with E-state index >= 15 is 0 Å². The summed E-state index contributed by atoms with van der Waals surface area (Å²) in [5.74, 6) is 0. The van der Waals surface area contributed by atoms with E-state index in [0.29, 0.717) is 36.4 Å². The molecule has 0 aromatic heterocycles. The van der Waals surface area contributed by atoms with Crippen LogP contribution in [0.4, 0.5) is 0 Å². The fraction of sp³-hybridized carbons (Fsp3) is 0.333. The van der Waals surface area contributed by atoms with Crippen molar-refractivity contribution in [1.29, 1.82) is 5.26 Å². The Bertz CT molecular complexity index is 932. The molecular formula is C21H24B2N2O5. The van der Waals surface area contributed by atoms with Crippen LogP contribution in [-0.4, -0.2) is 57.7 Å². The monoisotopic (exact) mass is 406 g/mol. The van der Waals surface area contributed by atoms with Gasteiger partial charge < -0.3 is 23.9 Å². The largest absolute Gasteiger partial charge is 0.494 e. The summed E-state index contributed by atoms with van der Waals surface area (Å²) in [6.07, 6.45) is 1.73. The normalized spacial score (nSPS) is 14.1. The fourth-order valence-electron chi connectivity index (χ4n) is 3.29. The maximum Gasteiger partial charge on any atom is 0.494 e. The van der Waals surface area contributed by atoms with Crippen molar-refractivity contribution in [2.45, 2.75) is 19.6 Å². The minimum atomic E-state index is -0.861. The van der Waals surface area contributed by atoms with Crippen LogP contribution in [0.1, 0.15) is 33.5 Å². The molecule has 0 bridgehead atoms. The molecule has 0 spiro atoms. The lowest BCUT2D eigenvalue weighted by atomic mass is 9.78. The average molecular weight is 406 g/mol. The van der Waals surface area contributed by atoms with E-state index in [0.717, 1.165) is 35.8 Å². The van der Waals surface area contributed by atoms with E-state index in [2.05, 4.69) is 11.0 Å². The van der Waals surface area contributed by atoms with Gasteiger partial charge in [0, 0.05) is 12.2 Å². The topological polar surface area (TPSA) is 92.0 Å². The number of fused-ring (bicyclic) bond motifs is 2. The number of carbonyl (C=O) groups is 1. The number of rotatable bonds is 6. The predicted molar refractivity (Wildman–Crippen MR) is 115 cm³/mol. The molecule has 2 aromatic carbocycles. The van der Waals surface area contributed by atoms with Crippen LogP contribution < -0.4 is 10.9 Å². The average Bonchev–Trinajstić information content (AvgIpc) is 3.34. The maximum absolute atomic E-state index is 10.4. The first kappa shape index (κ1) is 22.2. The molecule has 154 valence electrons. The van der Waals surface area contributed by atoms with Gasteiger partial charge in [-0.15, -0.1) is 0 Å². The fourth-order valence-corrected chi connectivity index (χ4v) is 3.29. The van der Waals surface area contributed by atoms with E-state index in [1.807, 2.05) is 32.3 Å². The summed E-state index contributed by atoms with van der Waals surface area (Å²) in [6.45, 7) is 2.66. The highest BCUT2D eigenvalue weighted by Gasteiger charge is 2.30. The summed E-state index contributed by atoms with van der Waals surface area (Å²) < 4.78 is 16.3. The summed E-state index contributed by atoms with van der Waals surface area (Å²) in [4.78, 5) is 12.5. The van der Waals surface area contributed by atoms with Crippen LogP contribution in [0.3, 0.4) is 0 Å². The van der Waals surface area contributed by atoms with Crippen LogP contribution in [-0.2, 0) is 27.2 Å². The molecule has 0 amide bonds. The van der Waals surface area contributed by atoms with Crippen molar-refractivity contribution in [3.8, 4) is 6.07 Å². The van der Waals surface area contributed by atoms with Gasteiger partial charge in [0.05, 0.1) is 24.8 Å². The summed E-state index contributed by atoms with van der Waals surface area (Å²) in [6, 6.07) is 12.9. The molecule has 0 saturated heterocycles. The number of hydrogen-bond acceptors (Lipinski definition) is 7. The minimum Gasteiger partial charge on any atom is -0.423 e. The Balaban J connectivity index is 0.000000184. The van der Waals surface area contributed by atoms with Gasteiger partial charge in [-0.1, -0.05) is 24.3 Å². The zero-order valence-electron chi connectivity index (χ0n) is 17.2. The van der Waals surface area contributed by atoms with Crippen LogP contribution in [0.5, 0.6) is 0 Å². The van der Waals surface area contributed by atoms with Crippen molar-refractivity contribution in [3.63, 3.8) is 0 Å².